The molecule has 0 radical (unpaired) electrons. The van der Waals surface area contributed by atoms with Gasteiger partial charge in [-0.3, -0.25) is 9.59 Å². The van der Waals surface area contributed by atoms with E-state index in [1.165, 1.54) is 11.3 Å². The summed E-state index contributed by atoms with van der Waals surface area (Å²) in [4.78, 5) is 30.8. The van der Waals surface area contributed by atoms with Gasteiger partial charge in [-0.1, -0.05) is 27.7 Å². The van der Waals surface area contributed by atoms with Gasteiger partial charge in [0.1, 0.15) is 0 Å². The predicted octanol–water partition coefficient (Wildman–Crippen LogP) is 2.26. The second kappa shape index (κ2) is 7.61. The van der Waals surface area contributed by atoms with Crippen molar-refractivity contribution in [1.82, 2.24) is 9.88 Å². The topological polar surface area (TPSA) is 88.3 Å². The van der Waals surface area contributed by atoms with Gasteiger partial charge in [0.2, 0.25) is 11.8 Å². The number of anilines is 1. The predicted molar refractivity (Wildman–Crippen MR) is 96.9 cm³/mol. The van der Waals surface area contributed by atoms with Crippen LogP contribution >= 0.6 is 11.3 Å². The monoisotopic (exact) mass is 352 g/mol. The number of thiazole rings is 1. The molecule has 24 heavy (non-hydrogen) atoms. The first-order chi connectivity index (χ1) is 11.2. The number of piperidine rings is 1. The number of nitrogens with zero attached hydrogens (tertiary/aromatic N) is 2. The summed E-state index contributed by atoms with van der Waals surface area (Å²) in [6.45, 7) is 9.02. The zero-order valence-electron chi connectivity index (χ0n) is 15.0. The van der Waals surface area contributed by atoms with Crippen molar-refractivity contribution < 1.29 is 9.59 Å². The number of rotatable bonds is 4. The lowest BCUT2D eigenvalue weighted by Gasteiger charge is -2.38. The minimum Gasteiger partial charge on any atom is -0.338 e. The molecule has 0 spiro atoms. The van der Waals surface area contributed by atoms with E-state index < -0.39 is 5.41 Å². The van der Waals surface area contributed by atoms with E-state index in [0.29, 0.717) is 23.3 Å². The van der Waals surface area contributed by atoms with Crippen LogP contribution in [0.1, 0.15) is 46.2 Å². The van der Waals surface area contributed by atoms with Gasteiger partial charge < -0.3 is 16.0 Å². The number of aromatic nitrogens is 1. The maximum Gasteiger partial charge on any atom is 0.231 e. The van der Waals surface area contributed by atoms with E-state index in [-0.39, 0.29) is 24.3 Å². The van der Waals surface area contributed by atoms with Gasteiger partial charge in [0.05, 0.1) is 12.1 Å². The molecule has 6 nitrogen and oxygen atoms in total. The summed E-state index contributed by atoms with van der Waals surface area (Å²) < 4.78 is 0. The molecule has 0 aliphatic carbocycles. The van der Waals surface area contributed by atoms with Gasteiger partial charge in [-0.25, -0.2) is 4.98 Å². The molecule has 2 atom stereocenters. The Balaban J connectivity index is 1.96. The SMILES string of the molecule is CC1CCN(C(=O)Cc2csc(NC(=O)C(C)(C)C)n2)C(CN)C1. The molecule has 1 aromatic heterocycles. The minimum atomic E-state index is -0.472. The number of amides is 2. The highest BCUT2D eigenvalue weighted by Gasteiger charge is 2.29. The van der Waals surface area contributed by atoms with E-state index >= 15 is 0 Å². The number of hydrogen-bond acceptors (Lipinski definition) is 5. The summed E-state index contributed by atoms with van der Waals surface area (Å²) in [5, 5.41) is 5.18. The van der Waals surface area contributed by atoms with Crippen molar-refractivity contribution in [2.24, 2.45) is 17.1 Å². The molecule has 134 valence electrons. The van der Waals surface area contributed by atoms with Crippen molar-refractivity contribution in [3.8, 4) is 0 Å². The quantitative estimate of drug-likeness (QED) is 0.870. The molecule has 1 fully saturated rings. The second-order valence-corrected chi connectivity index (χ2v) is 8.49. The maximum absolute atomic E-state index is 12.6. The lowest BCUT2D eigenvalue weighted by molar-refractivity contribution is -0.134. The normalized spacial score (nSPS) is 21.6. The number of nitrogens with one attached hydrogen (secondary N) is 1. The standard InChI is InChI=1S/C17H28N4O2S/c1-11-5-6-21(13(7-11)9-18)14(22)8-12-10-24-16(19-12)20-15(23)17(2,3)4/h10-11,13H,5-9,18H2,1-4H3,(H,19,20,23). The van der Waals surface area contributed by atoms with Crippen molar-refractivity contribution in [3.05, 3.63) is 11.1 Å². The molecule has 1 saturated heterocycles. The summed E-state index contributed by atoms with van der Waals surface area (Å²) in [5.74, 6) is 0.598. The molecule has 1 aromatic rings. The molecule has 2 unspecified atom stereocenters. The number of carbonyl (C=O) groups is 2. The zero-order chi connectivity index (χ0) is 17.9. The Kier molecular flexibility index (Phi) is 5.98. The molecule has 1 aliphatic rings. The first-order valence-electron chi connectivity index (χ1n) is 8.46. The van der Waals surface area contributed by atoms with E-state index in [1.807, 2.05) is 31.1 Å². The maximum atomic E-state index is 12.6. The van der Waals surface area contributed by atoms with Crippen LogP contribution in [0.5, 0.6) is 0 Å². The molecule has 0 aromatic carbocycles. The molecule has 2 amide bonds. The average Bonchev–Trinajstić information content (AvgIpc) is 2.92. The fraction of sp³-hybridized carbons (Fsp3) is 0.706. The molecule has 2 heterocycles. The van der Waals surface area contributed by atoms with Crippen LogP contribution in [0.4, 0.5) is 5.13 Å². The highest BCUT2D eigenvalue weighted by molar-refractivity contribution is 7.13. The molecule has 2 rings (SSSR count). The Morgan fingerprint density at radius 2 is 2.17 bits per heavy atom. The summed E-state index contributed by atoms with van der Waals surface area (Å²) in [5.41, 5.74) is 6.06. The number of nitrogens with two attached hydrogens (primary N) is 1. The molecule has 1 aliphatic heterocycles. The van der Waals surface area contributed by atoms with E-state index in [0.717, 1.165) is 19.4 Å². The molecular formula is C17H28N4O2S. The lowest BCUT2D eigenvalue weighted by atomic mass is 9.92. The molecule has 7 heteroatoms. The number of carbonyl (C=O) groups excluding carboxylic acids is 2. The van der Waals surface area contributed by atoms with Crippen LogP contribution in [0.15, 0.2) is 5.38 Å². The van der Waals surface area contributed by atoms with Gasteiger partial charge in [0.15, 0.2) is 5.13 Å². The molecule has 0 saturated carbocycles. The molecule has 3 N–H and O–H groups in total. The Bertz CT molecular complexity index is 594. The second-order valence-electron chi connectivity index (χ2n) is 7.63. The summed E-state index contributed by atoms with van der Waals surface area (Å²) >= 11 is 1.35. The Morgan fingerprint density at radius 1 is 1.46 bits per heavy atom. The van der Waals surface area contributed by atoms with Gasteiger partial charge in [-0.05, 0) is 18.8 Å². The Morgan fingerprint density at radius 3 is 2.79 bits per heavy atom. The van der Waals surface area contributed by atoms with Crippen LogP contribution in [0.2, 0.25) is 0 Å². The van der Waals surface area contributed by atoms with Gasteiger partial charge >= 0.3 is 0 Å². The van der Waals surface area contributed by atoms with Crippen molar-refractivity contribution >= 4 is 28.3 Å². The fourth-order valence-electron chi connectivity index (χ4n) is 2.79. The Labute approximate surface area is 147 Å². The third kappa shape index (κ3) is 4.77. The smallest absolute Gasteiger partial charge is 0.231 e. The van der Waals surface area contributed by atoms with Crippen LogP contribution in [0, 0.1) is 11.3 Å². The van der Waals surface area contributed by atoms with Crippen molar-refractivity contribution in [1.29, 1.82) is 0 Å². The third-order valence-corrected chi connectivity index (χ3v) is 5.16. The Hall–Kier alpha value is -1.47. The van der Waals surface area contributed by atoms with Gasteiger partial charge in [-0.2, -0.15) is 0 Å². The number of likely N-dealkylation sites (tertiary alicyclic amines) is 1. The minimum absolute atomic E-state index is 0.0661. The van der Waals surface area contributed by atoms with E-state index in [1.54, 1.807) is 0 Å². The average molecular weight is 353 g/mol. The first kappa shape index (κ1) is 18.9. The summed E-state index contributed by atoms with van der Waals surface area (Å²) in [7, 11) is 0. The van der Waals surface area contributed by atoms with E-state index in [4.69, 9.17) is 5.73 Å². The van der Waals surface area contributed by atoms with Crippen LogP contribution < -0.4 is 11.1 Å². The third-order valence-electron chi connectivity index (χ3n) is 4.36. The van der Waals surface area contributed by atoms with Crippen molar-refractivity contribution in [3.63, 3.8) is 0 Å². The molecule has 0 bridgehead atoms. The van der Waals surface area contributed by atoms with Crippen molar-refractivity contribution in [2.45, 2.75) is 53.0 Å². The van der Waals surface area contributed by atoms with Gasteiger partial charge in [-0.15, -0.1) is 11.3 Å². The highest BCUT2D eigenvalue weighted by atomic mass is 32.1. The summed E-state index contributed by atoms with van der Waals surface area (Å²) in [6.07, 6.45) is 2.24. The molecular weight excluding hydrogens is 324 g/mol. The van der Waals surface area contributed by atoms with E-state index in [9.17, 15) is 9.59 Å². The van der Waals surface area contributed by atoms with Gasteiger partial charge in [0, 0.05) is 29.9 Å². The number of hydrogen-bond donors (Lipinski definition) is 2. The van der Waals surface area contributed by atoms with Crippen molar-refractivity contribution in [2.75, 3.05) is 18.4 Å². The van der Waals surface area contributed by atoms with Crippen LogP contribution in [-0.4, -0.2) is 40.8 Å². The highest BCUT2D eigenvalue weighted by Crippen LogP contribution is 2.24. The fourth-order valence-corrected chi connectivity index (χ4v) is 3.50. The van der Waals surface area contributed by atoms with E-state index in [2.05, 4.69) is 17.2 Å². The first-order valence-corrected chi connectivity index (χ1v) is 9.34. The van der Waals surface area contributed by atoms with Crippen LogP contribution in [0.3, 0.4) is 0 Å². The van der Waals surface area contributed by atoms with Crippen LogP contribution in [-0.2, 0) is 16.0 Å². The largest absolute Gasteiger partial charge is 0.338 e. The lowest BCUT2D eigenvalue weighted by Crippen LogP contribution is -2.49. The zero-order valence-corrected chi connectivity index (χ0v) is 15.8. The summed E-state index contributed by atoms with van der Waals surface area (Å²) in [6, 6.07) is 0.125. The van der Waals surface area contributed by atoms with Gasteiger partial charge in [0.25, 0.3) is 0 Å². The van der Waals surface area contributed by atoms with Crippen LogP contribution in [0.25, 0.3) is 0 Å².